The maximum atomic E-state index is 12.9. The van der Waals surface area contributed by atoms with Crippen LogP contribution < -0.4 is 4.74 Å². The Morgan fingerprint density at radius 1 is 1.30 bits per heavy atom. The zero-order chi connectivity index (χ0) is 17.0. The van der Waals surface area contributed by atoms with Gasteiger partial charge in [-0.1, -0.05) is 25.5 Å². The van der Waals surface area contributed by atoms with Crippen molar-refractivity contribution < 1.29 is 14.6 Å². The second kappa shape index (κ2) is 7.32. The number of carbonyl (C=O) groups is 1. The van der Waals surface area contributed by atoms with Gasteiger partial charge >= 0.3 is 0 Å². The van der Waals surface area contributed by atoms with Crippen molar-refractivity contribution in [1.82, 2.24) is 9.80 Å². The third-order valence-electron chi connectivity index (χ3n) is 4.45. The molecular formula is C18H28N2O3. The number of nitrogens with zero attached hydrogens (tertiary/aromatic N) is 2. The molecule has 1 amide bonds. The molecular weight excluding hydrogens is 292 g/mol. The van der Waals surface area contributed by atoms with E-state index in [0.717, 1.165) is 25.8 Å². The van der Waals surface area contributed by atoms with Gasteiger partial charge in [0.15, 0.2) is 5.72 Å². The Kier molecular flexibility index (Phi) is 5.65. The molecule has 1 aliphatic heterocycles. The third kappa shape index (κ3) is 3.35. The molecule has 0 bridgehead atoms. The Morgan fingerprint density at radius 3 is 2.65 bits per heavy atom. The van der Waals surface area contributed by atoms with E-state index >= 15 is 0 Å². The molecule has 1 heterocycles. The lowest BCUT2D eigenvalue weighted by Crippen LogP contribution is -2.44. The lowest BCUT2D eigenvalue weighted by Gasteiger charge is -2.34. The molecule has 2 rings (SSSR count). The van der Waals surface area contributed by atoms with Crippen LogP contribution in [0, 0.1) is 0 Å². The second-order valence-corrected chi connectivity index (χ2v) is 6.42. The minimum atomic E-state index is -1.22. The first-order valence-electron chi connectivity index (χ1n) is 8.32. The number of amides is 1. The van der Waals surface area contributed by atoms with Gasteiger partial charge in [0.05, 0.1) is 12.7 Å². The van der Waals surface area contributed by atoms with Crippen LogP contribution >= 0.6 is 0 Å². The van der Waals surface area contributed by atoms with E-state index in [-0.39, 0.29) is 5.91 Å². The Morgan fingerprint density at radius 2 is 2.04 bits per heavy atom. The van der Waals surface area contributed by atoms with Crippen molar-refractivity contribution in [2.24, 2.45) is 0 Å². The van der Waals surface area contributed by atoms with Crippen molar-refractivity contribution in [3.63, 3.8) is 0 Å². The van der Waals surface area contributed by atoms with Gasteiger partial charge < -0.3 is 19.6 Å². The summed E-state index contributed by atoms with van der Waals surface area (Å²) >= 11 is 0. The number of hydrogen-bond acceptors (Lipinski definition) is 4. The summed E-state index contributed by atoms with van der Waals surface area (Å²) < 4.78 is 5.35. The summed E-state index contributed by atoms with van der Waals surface area (Å²) in [7, 11) is 5.57. The molecule has 1 N–H and O–H groups in total. The molecule has 1 atom stereocenters. The summed E-state index contributed by atoms with van der Waals surface area (Å²) in [5, 5.41) is 11.3. The number of benzene rings is 1. The van der Waals surface area contributed by atoms with Crippen LogP contribution in [0.25, 0.3) is 0 Å². The smallest absolute Gasteiger partial charge is 0.260 e. The molecule has 1 aliphatic rings. The predicted molar refractivity (Wildman–Crippen MR) is 90.6 cm³/mol. The number of aliphatic hydroxyl groups is 1. The highest BCUT2D eigenvalue weighted by molar-refractivity contribution is 6.02. The zero-order valence-corrected chi connectivity index (χ0v) is 14.6. The molecule has 0 aliphatic carbocycles. The van der Waals surface area contributed by atoms with Crippen LogP contribution in [0.5, 0.6) is 5.75 Å². The normalized spacial score (nSPS) is 20.3. The molecule has 5 heteroatoms. The van der Waals surface area contributed by atoms with Gasteiger partial charge in [0.25, 0.3) is 5.91 Å². The Bertz CT molecular complexity index is 559. The van der Waals surface area contributed by atoms with Gasteiger partial charge in [-0.3, -0.25) is 4.79 Å². The Balaban J connectivity index is 2.35. The molecule has 0 aromatic heterocycles. The van der Waals surface area contributed by atoms with E-state index in [0.29, 0.717) is 29.8 Å². The molecule has 1 aromatic carbocycles. The number of fused-ring (bicyclic) bond motifs is 1. The maximum Gasteiger partial charge on any atom is 0.260 e. The molecule has 0 fully saturated rings. The zero-order valence-electron chi connectivity index (χ0n) is 14.6. The third-order valence-corrected chi connectivity index (χ3v) is 4.45. The average Bonchev–Trinajstić information content (AvgIpc) is 2.75. The highest BCUT2D eigenvalue weighted by Gasteiger charge is 2.48. The van der Waals surface area contributed by atoms with Gasteiger partial charge in [-0.25, -0.2) is 0 Å². The van der Waals surface area contributed by atoms with Crippen LogP contribution in [-0.2, 0) is 5.72 Å². The molecule has 1 unspecified atom stereocenters. The van der Waals surface area contributed by atoms with Crippen molar-refractivity contribution in [2.75, 3.05) is 34.3 Å². The molecule has 0 spiro atoms. The summed E-state index contributed by atoms with van der Waals surface area (Å²) in [4.78, 5) is 16.6. The molecule has 128 valence electrons. The van der Waals surface area contributed by atoms with Crippen molar-refractivity contribution in [1.29, 1.82) is 0 Å². The van der Waals surface area contributed by atoms with Crippen LogP contribution in [0.2, 0.25) is 0 Å². The van der Waals surface area contributed by atoms with Crippen LogP contribution in [0.4, 0.5) is 0 Å². The van der Waals surface area contributed by atoms with E-state index in [2.05, 4.69) is 11.8 Å². The number of unbranched alkanes of at least 4 members (excludes halogenated alkanes) is 1. The first kappa shape index (κ1) is 17.8. The number of methoxy groups -OCH3 is 1. The summed E-state index contributed by atoms with van der Waals surface area (Å²) in [6, 6.07) is 5.46. The monoisotopic (exact) mass is 320 g/mol. The number of rotatable bonds is 8. The van der Waals surface area contributed by atoms with E-state index in [9.17, 15) is 9.90 Å². The fourth-order valence-electron chi connectivity index (χ4n) is 3.23. The molecule has 0 radical (unpaired) electrons. The fraction of sp³-hybridized carbons (Fsp3) is 0.611. The van der Waals surface area contributed by atoms with E-state index in [4.69, 9.17) is 4.74 Å². The van der Waals surface area contributed by atoms with E-state index in [1.165, 1.54) is 0 Å². The summed E-state index contributed by atoms with van der Waals surface area (Å²) in [6.45, 7) is 3.50. The Labute approximate surface area is 138 Å². The van der Waals surface area contributed by atoms with Gasteiger partial charge in [-0.05, 0) is 46.0 Å². The topological polar surface area (TPSA) is 53.0 Å². The first-order chi connectivity index (χ1) is 11.0. The summed E-state index contributed by atoms with van der Waals surface area (Å²) in [5.41, 5.74) is -0.0258. The molecule has 1 aromatic rings. The molecule has 0 saturated carbocycles. The van der Waals surface area contributed by atoms with Crippen LogP contribution in [-0.4, -0.2) is 55.1 Å². The maximum absolute atomic E-state index is 12.9. The van der Waals surface area contributed by atoms with Gasteiger partial charge in [-0.2, -0.15) is 0 Å². The predicted octanol–water partition coefficient (Wildman–Crippen LogP) is 2.44. The summed E-state index contributed by atoms with van der Waals surface area (Å²) in [5.74, 6) is 0.410. The SMILES string of the molecule is CCCCC1(O)c2cccc(OC)c2C(=O)N1CCCN(C)C. The van der Waals surface area contributed by atoms with E-state index in [1.807, 2.05) is 26.2 Å². The number of carbonyl (C=O) groups excluding carboxylic acids is 1. The van der Waals surface area contributed by atoms with Crippen LogP contribution in [0.3, 0.4) is 0 Å². The van der Waals surface area contributed by atoms with Crippen molar-refractivity contribution in [3.8, 4) is 5.75 Å². The minimum absolute atomic E-state index is 0.130. The lowest BCUT2D eigenvalue weighted by atomic mass is 9.95. The molecule has 5 nitrogen and oxygen atoms in total. The fourth-order valence-corrected chi connectivity index (χ4v) is 3.23. The van der Waals surface area contributed by atoms with E-state index in [1.54, 1.807) is 18.1 Å². The van der Waals surface area contributed by atoms with Gasteiger partial charge in [0.2, 0.25) is 0 Å². The van der Waals surface area contributed by atoms with E-state index < -0.39 is 5.72 Å². The highest BCUT2D eigenvalue weighted by Crippen LogP contribution is 2.44. The second-order valence-electron chi connectivity index (χ2n) is 6.42. The summed E-state index contributed by atoms with van der Waals surface area (Å²) in [6.07, 6.45) is 3.22. The number of hydrogen-bond donors (Lipinski definition) is 1. The largest absolute Gasteiger partial charge is 0.496 e. The number of ether oxygens (including phenoxy) is 1. The standard InChI is InChI=1S/C18H28N2O3/c1-5-6-11-18(22)14-9-7-10-15(23-4)16(14)17(21)20(18)13-8-12-19(2)3/h7,9-10,22H,5-6,8,11-13H2,1-4H3. The first-order valence-corrected chi connectivity index (χ1v) is 8.32. The minimum Gasteiger partial charge on any atom is -0.496 e. The van der Waals surface area contributed by atoms with Crippen LogP contribution in [0.1, 0.15) is 48.5 Å². The van der Waals surface area contributed by atoms with Crippen molar-refractivity contribution in [3.05, 3.63) is 29.3 Å². The van der Waals surface area contributed by atoms with Crippen LogP contribution in [0.15, 0.2) is 18.2 Å². The Hall–Kier alpha value is -1.59. The van der Waals surface area contributed by atoms with Gasteiger partial charge in [-0.15, -0.1) is 0 Å². The lowest BCUT2D eigenvalue weighted by molar-refractivity contribution is -0.0920. The quantitative estimate of drug-likeness (QED) is 0.799. The van der Waals surface area contributed by atoms with Crippen molar-refractivity contribution in [2.45, 2.75) is 38.3 Å². The van der Waals surface area contributed by atoms with Gasteiger partial charge in [0.1, 0.15) is 5.75 Å². The molecule has 23 heavy (non-hydrogen) atoms. The van der Waals surface area contributed by atoms with Gasteiger partial charge in [0, 0.05) is 12.1 Å². The average molecular weight is 320 g/mol. The van der Waals surface area contributed by atoms with Crippen molar-refractivity contribution >= 4 is 5.91 Å². The molecule has 0 saturated heterocycles. The highest BCUT2D eigenvalue weighted by atomic mass is 16.5.